The standard InChI is InChI=1S/C20H16O6/c1-20-11-5-3-8-9(4-6-12(8)21)13(11)16(23)17-14(20)10(7-26-17)15(22)18(25-2)19(20)24/h3,5,7,18-19,24H,4,6H2,1-2H3/t18-,19+,20+/m0/s1. The van der Waals surface area contributed by atoms with E-state index in [0.717, 1.165) is 0 Å². The summed E-state index contributed by atoms with van der Waals surface area (Å²) < 4.78 is 10.8. The highest BCUT2D eigenvalue weighted by Crippen LogP contribution is 2.51. The zero-order valence-corrected chi connectivity index (χ0v) is 14.3. The summed E-state index contributed by atoms with van der Waals surface area (Å²) in [6.45, 7) is 1.79. The van der Waals surface area contributed by atoms with Gasteiger partial charge in [-0.1, -0.05) is 12.1 Å². The molecule has 0 bridgehead atoms. The smallest absolute Gasteiger partial charge is 0.229 e. The number of hydrogen-bond acceptors (Lipinski definition) is 6. The first-order valence-corrected chi connectivity index (χ1v) is 8.52. The molecule has 0 unspecified atom stereocenters. The fourth-order valence-corrected chi connectivity index (χ4v) is 4.85. The third kappa shape index (κ3) is 1.53. The van der Waals surface area contributed by atoms with E-state index in [2.05, 4.69) is 0 Å². The summed E-state index contributed by atoms with van der Waals surface area (Å²) in [5.74, 6) is -0.637. The Morgan fingerprint density at radius 2 is 1.96 bits per heavy atom. The Labute approximate surface area is 148 Å². The number of ketones is 3. The molecule has 6 heteroatoms. The van der Waals surface area contributed by atoms with Crippen LogP contribution in [0.1, 0.15) is 66.9 Å². The van der Waals surface area contributed by atoms with Crippen LogP contribution in [0.3, 0.4) is 0 Å². The number of carbonyl (C=O) groups is 3. The molecule has 1 heterocycles. The first kappa shape index (κ1) is 15.7. The number of rotatable bonds is 1. The van der Waals surface area contributed by atoms with E-state index < -0.39 is 23.4 Å². The minimum absolute atomic E-state index is 0.0147. The van der Waals surface area contributed by atoms with Crippen molar-refractivity contribution >= 4 is 17.3 Å². The number of benzene rings is 1. The molecule has 3 aliphatic rings. The van der Waals surface area contributed by atoms with Gasteiger partial charge in [-0.25, -0.2) is 0 Å². The van der Waals surface area contributed by atoms with Crippen molar-refractivity contribution in [2.75, 3.05) is 7.11 Å². The molecule has 1 aromatic carbocycles. The molecule has 1 aromatic heterocycles. The summed E-state index contributed by atoms with van der Waals surface area (Å²) in [5.41, 5.74) is 1.97. The van der Waals surface area contributed by atoms with Gasteiger partial charge in [0.25, 0.3) is 0 Å². The van der Waals surface area contributed by atoms with Crippen LogP contribution in [0.2, 0.25) is 0 Å². The lowest BCUT2D eigenvalue weighted by Crippen LogP contribution is -2.56. The summed E-state index contributed by atoms with van der Waals surface area (Å²) in [6.07, 6.45) is -0.0867. The zero-order valence-electron chi connectivity index (χ0n) is 14.3. The van der Waals surface area contributed by atoms with E-state index in [1.165, 1.54) is 13.4 Å². The maximum absolute atomic E-state index is 13.2. The number of aliphatic hydroxyl groups excluding tert-OH is 1. The Morgan fingerprint density at radius 3 is 2.69 bits per heavy atom. The van der Waals surface area contributed by atoms with Crippen LogP contribution in [-0.2, 0) is 16.6 Å². The Balaban J connectivity index is 1.88. The van der Waals surface area contributed by atoms with Crippen LogP contribution in [0.15, 0.2) is 22.8 Å². The molecule has 6 nitrogen and oxygen atoms in total. The van der Waals surface area contributed by atoms with E-state index in [-0.39, 0.29) is 22.9 Å². The summed E-state index contributed by atoms with van der Waals surface area (Å²) in [5, 5.41) is 11.0. The quantitative estimate of drug-likeness (QED) is 0.842. The predicted octanol–water partition coefficient (Wildman–Crippen LogP) is 1.83. The molecule has 5 rings (SSSR count). The molecule has 1 N–H and O–H groups in total. The molecule has 3 aliphatic carbocycles. The van der Waals surface area contributed by atoms with Gasteiger partial charge in [0, 0.05) is 30.2 Å². The van der Waals surface area contributed by atoms with E-state index >= 15 is 0 Å². The second-order valence-corrected chi connectivity index (χ2v) is 7.29. The van der Waals surface area contributed by atoms with Crippen molar-refractivity contribution in [3.8, 4) is 0 Å². The molecular formula is C20H16O6. The summed E-state index contributed by atoms with van der Waals surface area (Å²) >= 11 is 0. The Kier molecular flexibility index (Phi) is 2.88. The Hall–Kier alpha value is -2.57. The van der Waals surface area contributed by atoms with Gasteiger partial charge in [0.15, 0.2) is 17.3 Å². The van der Waals surface area contributed by atoms with E-state index in [0.29, 0.717) is 40.7 Å². The predicted molar refractivity (Wildman–Crippen MR) is 88.8 cm³/mol. The van der Waals surface area contributed by atoms with Crippen molar-refractivity contribution in [3.05, 3.63) is 57.5 Å². The molecule has 0 fully saturated rings. The van der Waals surface area contributed by atoms with Crippen molar-refractivity contribution in [2.24, 2.45) is 0 Å². The Morgan fingerprint density at radius 1 is 1.19 bits per heavy atom. The largest absolute Gasteiger partial charge is 0.460 e. The SMILES string of the molecule is CO[C@H]1C(=O)c2coc3c2[C@@](C)(c2ccc4c(c2C3=O)CCC4=O)[C@@H]1O. The molecule has 2 aromatic rings. The van der Waals surface area contributed by atoms with Gasteiger partial charge in [0.1, 0.15) is 18.5 Å². The zero-order chi connectivity index (χ0) is 18.4. The fourth-order valence-electron chi connectivity index (χ4n) is 4.85. The molecule has 26 heavy (non-hydrogen) atoms. The second-order valence-electron chi connectivity index (χ2n) is 7.29. The Bertz CT molecular complexity index is 1030. The van der Waals surface area contributed by atoms with Crippen LogP contribution in [0.4, 0.5) is 0 Å². The average molecular weight is 352 g/mol. The van der Waals surface area contributed by atoms with Gasteiger partial charge >= 0.3 is 0 Å². The van der Waals surface area contributed by atoms with Crippen molar-refractivity contribution in [1.29, 1.82) is 0 Å². The van der Waals surface area contributed by atoms with Crippen LogP contribution >= 0.6 is 0 Å². The molecule has 0 amide bonds. The lowest BCUT2D eigenvalue weighted by atomic mass is 9.59. The van der Waals surface area contributed by atoms with Crippen LogP contribution in [-0.4, -0.2) is 41.8 Å². The minimum Gasteiger partial charge on any atom is -0.460 e. The van der Waals surface area contributed by atoms with Gasteiger partial charge in [0.2, 0.25) is 5.78 Å². The number of fused-ring (bicyclic) bond motifs is 4. The van der Waals surface area contributed by atoms with Crippen molar-refractivity contribution in [3.63, 3.8) is 0 Å². The number of Topliss-reactive ketones (excluding diaryl/α,β-unsaturated/α-hetero) is 2. The van der Waals surface area contributed by atoms with Gasteiger partial charge in [-0.05, 0) is 24.5 Å². The monoisotopic (exact) mass is 352 g/mol. The number of aliphatic hydroxyl groups is 1. The summed E-state index contributed by atoms with van der Waals surface area (Å²) in [6, 6.07) is 3.44. The van der Waals surface area contributed by atoms with Gasteiger partial charge in [-0.15, -0.1) is 0 Å². The highest BCUT2D eigenvalue weighted by atomic mass is 16.5. The van der Waals surface area contributed by atoms with E-state index in [1.54, 1.807) is 19.1 Å². The topological polar surface area (TPSA) is 93.8 Å². The van der Waals surface area contributed by atoms with Gasteiger partial charge in [-0.3, -0.25) is 14.4 Å². The van der Waals surface area contributed by atoms with Gasteiger partial charge < -0.3 is 14.3 Å². The molecular weight excluding hydrogens is 336 g/mol. The lowest BCUT2D eigenvalue weighted by Gasteiger charge is -2.44. The van der Waals surface area contributed by atoms with Crippen molar-refractivity contribution in [1.82, 2.24) is 0 Å². The first-order chi connectivity index (χ1) is 12.4. The van der Waals surface area contributed by atoms with Crippen LogP contribution < -0.4 is 0 Å². The van der Waals surface area contributed by atoms with E-state index in [4.69, 9.17) is 9.15 Å². The highest BCUT2D eigenvalue weighted by Gasteiger charge is 2.57. The first-order valence-electron chi connectivity index (χ1n) is 8.52. The second kappa shape index (κ2) is 4.78. The molecule has 0 radical (unpaired) electrons. The number of carbonyl (C=O) groups excluding carboxylic acids is 3. The normalized spacial score (nSPS) is 28.8. The number of hydrogen-bond donors (Lipinski definition) is 1. The summed E-state index contributed by atoms with van der Waals surface area (Å²) in [7, 11) is 1.37. The lowest BCUT2D eigenvalue weighted by molar-refractivity contribution is -0.0319. The average Bonchev–Trinajstić information content (AvgIpc) is 3.23. The maximum atomic E-state index is 13.2. The fraction of sp³-hybridized carbons (Fsp3) is 0.350. The number of ether oxygens (including phenoxy) is 1. The van der Waals surface area contributed by atoms with Crippen molar-refractivity contribution in [2.45, 2.75) is 37.4 Å². The molecule has 0 aliphatic heterocycles. The number of furan rings is 1. The molecule has 3 atom stereocenters. The molecule has 0 saturated heterocycles. The van der Waals surface area contributed by atoms with Gasteiger partial charge in [0.05, 0.1) is 11.0 Å². The van der Waals surface area contributed by atoms with Gasteiger partial charge in [-0.2, -0.15) is 0 Å². The van der Waals surface area contributed by atoms with Crippen LogP contribution in [0.25, 0.3) is 0 Å². The molecule has 0 spiro atoms. The minimum atomic E-state index is -1.18. The number of methoxy groups -OCH3 is 1. The third-order valence-corrected chi connectivity index (χ3v) is 6.17. The van der Waals surface area contributed by atoms with Crippen LogP contribution in [0.5, 0.6) is 0 Å². The highest BCUT2D eigenvalue weighted by molar-refractivity contribution is 6.18. The van der Waals surface area contributed by atoms with E-state index in [1.807, 2.05) is 0 Å². The van der Waals surface area contributed by atoms with Crippen molar-refractivity contribution < 1.29 is 28.6 Å². The third-order valence-electron chi connectivity index (χ3n) is 6.17. The van der Waals surface area contributed by atoms with E-state index in [9.17, 15) is 19.5 Å². The maximum Gasteiger partial charge on any atom is 0.229 e. The summed E-state index contributed by atoms with van der Waals surface area (Å²) in [4.78, 5) is 37.9. The molecule has 0 saturated carbocycles. The molecule has 132 valence electrons. The van der Waals surface area contributed by atoms with Crippen LogP contribution in [0, 0.1) is 0 Å².